The smallest absolute Gasteiger partial charge is 0.129 e. The van der Waals surface area contributed by atoms with Gasteiger partial charge in [-0.25, -0.2) is 4.59 Å². The fourth-order valence-corrected chi connectivity index (χ4v) is 1.09. The summed E-state index contributed by atoms with van der Waals surface area (Å²) in [6.07, 6.45) is 6.24. The Morgan fingerprint density at radius 1 is 1.64 bits per heavy atom. The Morgan fingerprint density at radius 2 is 2.27 bits per heavy atom. The quantitative estimate of drug-likeness (QED) is 0.333. The summed E-state index contributed by atoms with van der Waals surface area (Å²) >= 11 is 0. The van der Waals surface area contributed by atoms with E-state index in [0.29, 0.717) is 10.4 Å². The first-order valence-corrected chi connectivity index (χ1v) is 3.69. The number of quaternary nitrogens is 1. The van der Waals surface area contributed by atoms with E-state index >= 15 is 0 Å². The lowest BCUT2D eigenvalue weighted by Crippen LogP contribution is -2.53. The fourth-order valence-electron chi connectivity index (χ4n) is 1.09. The summed E-state index contributed by atoms with van der Waals surface area (Å²) in [5.74, 6) is 6.17. The summed E-state index contributed by atoms with van der Waals surface area (Å²) < 4.78 is 0.417. The molecule has 11 heavy (non-hydrogen) atoms. The molecular formula is C8H15N2O+. The Labute approximate surface area is 67.0 Å². The van der Waals surface area contributed by atoms with Gasteiger partial charge in [-0.1, -0.05) is 0 Å². The zero-order valence-electron chi connectivity index (χ0n) is 6.99. The first-order valence-electron chi connectivity index (χ1n) is 3.69. The van der Waals surface area contributed by atoms with E-state index < -0.39 is 0 Å². The molecule has 1 atom stereocenters. The maximum atomic E-state index is 9.02. The number of rotatable bonds is 1. The predicted octanol–water partition coefficient (Wildman–Crippen LogP) is 0.707. The van der Waals surface area contributed by atoms with E-state index in [1.165, 1.54) is 0 Å². The molecule has 0 aliphatic heterocycles. The molecule has 0 aromatic rings. The van der Waals surface area contributed by atoms with Gasteiger partial charge in [0.15, 0.2) is 0 Å². The second-order valence-electron chi connectivity index (χ2n) is 3.42. The second kappa shape index (κ2) is 2.68. The number of hydrogen-bond acceptors (Lipinski definition) is 2. The van der Waals surface area contributed by atoms with Gasteiger partial charge >= 0.3 is 0 Å². The number of nitrogens with zero attached hydrogens (tertiary/aromatic N) is 1. The zero-order valence-corrected chi connectivity index (χ0v) is 6.99. The van der Waals surface area contributed by atoms with Crippen LogP contribution in [0.15, 0.2) is 24.0 Å². The molecule has 0 fully saturated rings. The van der Waals surface area contributed by atoms with Gasteiger partial charge in [0, 0.05) is 6.42 Å². The average Bonchev–Trinajstić information content (AvgIpc) is 1.86. The van der Waals surface area contributed by atoms with Crippen LogP contribution in [0.1, 0.15) is 6.42 Å². The maximum Gasteiger partial charge on any atom is 0.129 e. The third kappa shape index (κ3) is 2.06. The SMILES string of the molecule is C[N+](C)(N)C1C=CC(O)=CC1. The topological polar surface area (TPSA) is 46.2 Å². The molecule has 1 aliphatic carbocycles. The highest BCUT2D eigenvalue weighted by Gasteiger charge is 2.22. The van der Waals surface area contributed by atoms with Gasteiger partial charge in [-0.2, -0.15) is 5.84 Å². The minimum absolute atomic E-state index is 0.283. The Balaban J connectivity index is 2.63. The van der Waals surface area contributed by atoms with Crippen LogP contribution >= 0.6 is 0 Å². The van der Waals surface area contributed by atoms with Crippen molar-refractivity contribution in [1.82, 2.24) is 0 Å². The molecule has 1 unspecified atom stereocenters. The summed E-state index contributed by atoms with van der Waals surface area (Å²) in [4.78, 5) is 0. The van der Waals surface area contributed by atoms with Crippen LogP contribution in [0.4, 0.5) is 0 Å². The normalized spacial score (nSPS) is 25.0. The molecule has 0 saturated heterocycles. The highest BCUT2D eigenvalue weighted by molar-refractivity contribution is 5.17. The number of likely N-dealkylation sites (N-methyl/N-ethyl adjacent to an activating group) is 1. The van der Waals surface area contributed by atoms with Crippen LogP contribution in [0.2, 0.25) is 0 Å². The van der Waals surface area contributed by atoms with E-state index in [1.54, 1.807) is 12.2 Å². The van der Waals surface area contributed by atoms with Gasteiger partial charge in [0.25, 0.3) is 0 Å². The Hall–Kier alpha value is -0.800. The van der Waals surface area contributed by atoms with Crippen molar-refractivity contribution in [1.29, 1.82) is 0 Å². The lowest BCUT2D eigenvalue weighted by atomic mass is 10.1. The van der Waals surface area contributed by atoms with Crippen LogP contribution in [-0.4, -0.2) is 29.8 Å². The molecule has 0 saturated carbocycles. The molecule has 0 spiro atoms. The van der Waals surface area contributed by atoms with Crippen molar-refractivity contribution in [3.8, 4) is 0 Å². The number of nitrogens with two attached hydrogens (primary N) is 1. The predicted molar refractivity (Wildman–Crippen MR) is 44.6 cm³/mol. The highest BCUT2D eigenvalue weighted by atomic mass is 16.3. The van der Waals surface area contributed by atoms with Crippen LogP contribution in [-0.2, 0) is 0 Å². The molecule has 3 heteroatoms. The summed E-state index contributed by atoms with van der Waals surface area (Å²) in [5.41, 5.74) is 0. The third-order valence-electron chi connectivity index (χ3n) is 1.91. The molecule has 0 aromatic heterocycles. The van der Waals surface area contributed by atoms with Gasteiger partial charge < -0.3 is 5.11 Å². The van der Waals surface area contributed by atoms with Crippen LogP contribution in [0.3, 0.4) is 0 Å². The molecule has 1 rings (SSSR count). The number of allylic oxidation sites excluding steroid dienone is 1. The Kier molecular flexibility index (Phi) is 2.02. The van der Waals surface area contributed by atoms with Gasteiger partial charge in [0.05, 0.1) is 14.1 Å². The van der Waals surface area contributed by atoms with Crippen molar-refractivity contribution >= 4 is 0 Å². The first-order chi connectivity index (χ1) is 5.00. The minimum Gasteiger partial charge on any atom is -0.508 e. The maximum absolute atomic E-state index is 9.02. The Morgan fingerprint density at radius 3 is 2.64 bits per heavy atom. The Bertz CT molecular complexity index is 201. The van der Waals surface area contributed by atoms with E-state index in [0.717, 1.165) is 6.42 Å². The number of aliphatic hydroxyl groups is 1. The number of hydrogen-bond donors (Lipinski definition) is 2. The lowest BCUT2D eigenvalue weighted by molar-refractivity contribution is -0.920. The lowest BCUT2D eigenvalue weighted by Gasteiger charge is -2.30. The second-order valence-corrected chi connectivity index (χ2v) is 3.42. The van der Waals surface area contributed by atoms with Crippen molar-refractivity contribution in [2.45, 2.75) is 12.5 Å². The largest absolute Gasteiger partial charge is 0.508 e. The van der Waals surface area contributed by atoms with Crippen molar-refractivity contribution in [3.05, 3.63) is 24.0 Å². The first kappa shape index (κ1) is 8.30. The molecule has 62 valence electrons. The zero-order chi connectivity index (χ0) is 8.48. The monoisotopic (exact) mass is 155 g/mol. The van der Waals surface area contributed by atoms with Crippen LogP contribution in [0, 0.1) is 0 Å². The highest BCUT2D eigenvalue weighted by Crippen LogP contribution is 2.14. The molecule has 1 aliphatic rings. The van der Waals surface area contributed by atoms with Crippen LogP contribution in [0.25, 0.3) is 0 Å². The van der Waals surface area contributed by atoms with Crippen molar-refractivity contribution in [2.75, 3.05) is 14.1 Å². The summed E-state index contributed by atoms with van der Waals surface area (Å²) in [5, 5.41) is 9.02. The van der Waals surface area contributed by atoms with Gasteiger partial charge in [-0.05, 0) is 18.2 Å². The third-order valence-corrected chi connectivity index (χ3v) is 1.91. The van der Waals surface area contributed by atoms with E-state index in [9.17, 15) is 0 Å². The minimum atomic E-state index is 0.283. The van der Waals surface area contributed by atoms with Gasteiger partial charge in [0.2, 0.25) is 0 Å². The van der Waals surface area contributed by atoms with E-state index in [2.05, 4.69) is 0 Å². The van der Waals surface area contributed by atoms with Crippen LogP contribution in [0.5, 0.6) is 0 Å². The summed E-state index contributed by atoms with van der Waals surface area (Å²) in [7, 11) is 3.87. The summed E-state index contributed by atoms with van der Waals surface area (Å²) in [6.45, 7) is 0. The van der Waals surface area contributed by atoms with E-state index in [1.807, 2.05) is 20.2 Å². The van der Waals surface area contributed by atoms with Gasteiger partial charge in [0.1, 0.15) is 11.8 Å². The molecule has 0 bridgehead atoms. The van der Waals surface area contributed by atoms with E-state index in [-0.39, 0.29) is 6.04 Å². The van der Waals surface area contributed by atoms with Crippen LogP contribution < -0.4 is 5.84 Å². The van der Waals surface area contributed by atoms with Gasteiger partial charge in [-0.3, -0.25) is 0 Å². The number of aliphatic hydroxyl groups excluding tert-OH is 1. The van der Waals surface area contributed by atoms with Crippen molar-refractivity contribution < 1.29 is 9.70 Å². The average molecular weight is 155 g/mol. The molecule has 0 radical (unpaired) electrons. The molecule has 3 nitrogen and oxygen atoms in total. The van der Waals surface area contributed by atoms with Crippen molar-refractivity contribution in [2.24, 2.45) is 5.84 Å². The molecule has 0 amide bonds. The van der Waals surface area contributed by atoms with E-state index in [4.69, 9.17) is 10.9 Å². The molecule has 3 N–H and O–H groups in total. The molecule has 0 heterocycles. The van der Waals surface area contributed by atoms with Gasteiger partial charge in [-0.15, -0.1) is 0 Å². The standard InChI is InChI=1S/C8H14N2O/c1-10(2,9)7-3-5-8(11)6-4-7/h3,5-7H,4,9H2,1-2H3/p+1. The molecular weight excluding hydrogens is 140 g/mol. The summed E-state index contributed by atoms with van der Waals surface area (Å²) in [6, 6.07) is 0.283. The molecule has 0 aromatic carbocycles. The van der Waals surface area contributed by atoms with Crippen molar-refractivity contribution in [3.63, 3.8) is 0 Å². The fraction of sp³-hybridized carbons (Fsp3) is 0.500.